The number of carbonyl (C=O) groups excluding carboxylic acids is 2. The molecule has 0 atom stereocenters. The molecule has 4 aromatic rings. The number of nitrogens with zero attached hydrogens (tertiary/aromatic N) is 2. The van der Waals surface area contributed by atoms with E-state index in [1.54, 1.807) is 29.2 Å². The zero-order valence-corrected chi connectivity index (χ0v) is 18.0. The maximum absolute atomic E-state index is 13.4. The maximum atomic E-state index is 13.4. The summed E-state index contributed by atoms with van der Waals surface area (Å²) in [6.07, 6.45) is 0.788. The molecule has 0 radical (unpaired) electrons. The van der Waals surface area contributed by atoms with Gasteiger partial charge >= 0.3 is 0 Å². The van der Waals surface area contributed by atoms with E-state index in [0.29, 0.717) is 35.2 Å². The van der Waals surface area contributed by atoms with Crippen LogP contribution in [0.25, 0.3) is 10.9 Å². The van der Waals surface area contributed by atoms with Crippen molar-refractivity contribution in [1.82, 2.24) is 9.47 Å². The molecule has 0 saturated heterocycles. The first-order chi connectivity index (χ1) is 16.1. The highest BCUT2D eigenvalue weighted by atomic mass is 16.2. The Kier molecular flexibility index (Phi) is 5.48. The summed E-state index contributed by atoms with van der Waals surface area (Å²) in [5, 5.41) is 3.47. The van der Waals surface area contributed by atoms with Gasteiger partial charge < -0.3 is 10.2 Å². The number of aromatic nitrogens is 1. The van der Waals surface area contributed by atoms with Gasteiger partial charge in [0.15, 0.2) is 0 Å². The van der Waals surface area contributed by atoms with Crippen LogP contribution in [-0.2, 0) is 24.3 Å². The van der Waals surface area contributed by atoms with Crippen LogP contribution in [-0.4, -0.2) is 27.8 Å². The van der Waals surface area contributed by atoms with Gasteiger partial charge in [-0.25, -0.2) is 0 Å². The molecule has 0 bridgehead atoms. The van der Waals surface area contributed by atoms with Gasteiger partial charge in [-0.15, -0.1) is 0 Å². The summed E-state index contributed by atoms with van der Waals surface area (Å²) in [6, 6.07) is 25.8. The first kappa shape index (κ1) is 20.7. The molecule has 2 amide bonds. The molecule has 5 rings (SSSR count). The molecule has 3 aromatic carbocycles. The number of anilines is 1. The van der Waals surface area contributed by atoms with E-state index in [-0.39, 0.29) is 23.9 Å². The fourth-order valence-electron chi connectivity index (χ4n) is 4.38. The number of rotatable bonds is 4. The topological polar surface area (TPSA) is 71.4 Å². The molecule has 0 unspecified atom stereocenters. The van der Waals surface area contributed by atoms with Gasteiger partial charge in [-0.05, 0) is 35.7 Å². The van der Waals surface area contributed by atoms with Crippen LogP contribution in [0.2, 0.25) is 0 Å². The molecule has 6 nitrogen and oxygen atoms in total. The molecule has 0 spiro atoms. The third kappa shape index (κ3) is 4.15. The lowest BCUT2D eigenvalue weighted by molar-refractivity contribution is -0.116. The Balaban J connectivity index is 1.46. The lowest BCUT2D eigenvalue weighted by Gasteiger charge is -2.29. The van der Waals surface area contributed by atoms with Crippen molar-refractivity contribution in [3.8, 4) is 0 Å². The zero-order chi connectivity index (χ0) is 22.8. The van der Waals surface area contributed by atoms with Crippen LogP contribution >= 0.6 is 0 Å². The van der Waals surface area contributed by atoms with Crippen molar-refractivity contribution in [2.24, 2.45) is 0 Å². The van der Waals surface area contributed by atoms with Crippen molar-refractivity contribution in [3.63, 3.8) is 0 Å². The van der Waals surface area contributed by atoms with Gasteiger partial charge in [0.2, 0.25) is 5.91 Å². The Morgan fingerprint density at radius 1 is 0.848 bits per heavy atom. The highest BCUT2D eigenvalue weighted by Crippen LogP contribution is 2.23. The maximum Gasteiger partial charge on any atom is 0.255 e. The average molecular weight is 437 g/mol. The summed E-state index contributed by atoms with van der Waals surface area (Å²) in [6.45, 7) is 0.985. The van der Waals surface area contributed by atoms with Crippen molar-refractivity contribution in [2.45, 2.75) is 19.5 Å². The van der Waals surface area contributed by atoms with Crippen LogP contribution in [0.1, 0.15) is 21.5 Å². The number of para-hydroxylation sites is 2. The number of benzene rings is 3. The lowest BCUT2D eigenvalue weighted by Crippen LogP contribution is -2.37. The molecule has 6 heteroatoms. The summed E-state index contributed by atoms with van der Waals surface area (Å²) in [4.78, 5) is 40.9. The van der Waals surface area contributed by atoms with E-state index in [2.05, 4.69) is 11.4 Å². The van der Waals surface area contributed by atoms with Crippen molar-refractivity contribution < 1.29 is 9.59 Å². The largest absolute Gasteiger partial charge is 0.334 e. The average Bonchev–Trinajstić information content (AvgIpc) is 2.85. The van der Waals surface area contributed by atoms with Gasteiger partial charge in [-0.3, -0.25) is 19.0 Å². The highest BCUT2D eigenvalue weighted by molar-refractivity contribution is 6.06. The van der Waals surface area contributed by atoms with Gasteiger partial charge in [-0.2, -0.15) is 0 Å². The molecule has 0 saturated carbocycles. The number of amides is 2. The molecule has 164 valence electrons. The van der Waals surface area contributed by atoms with Crippen molar-refractivity contribution in [1.29, 1.82) is 0 Å². The van der Waals surface area contributed by atoms with Gasteiger partial charge in [-0.1, -0.05) is 60.7 Å². The monoisotopic (exact) mass is 437 g/mol. The second-order valence-corrected chi connectivity index (χ2v) is 8.16. The molecule has 0 fully saturated rings. The number of nitrogens with one attached hydrogen (secondary N) is 1. The third-order valence-corrected chi connectivity index (χ3v) is 6.03. The van der Waals surface area contributed by atoms with E-state index in [9.17, 15) is 14.4 Å². The summed E-state index contributed by atoms with van der Waals surface area (Å²) >= 11 is 0. The van der Waals surface area contributed by atoms with E-state index < -0.39 is 0 Å². The standard InChI is InChI=1S/C27H23N3O3/c31-25(28-21-10-2-1-3-11-21)18-30-24-13-7-6-12-22(24)23(16-26(30)32)27(33)29-15-14-19-8-4-5-9-20(19)17-29/h1-13,16H,14-15,17-18H2,(H,28,31). The van der Waals surface area contributed by atoms with E-state index in [1.165, 1.54) is 16.2 Å². The van der Waals surface area contributed by atoms with Crippen LogP contribution in [0, 0.1) is 0 Å². The lowest BCUT2D eigenvalue weighted by atomic mass is 9.98. The van der Waals surface area contributed by atoms with Crippen LogP contribution < -0.4 is 10.9 Å². The minimum Gasteiger partial charge on any atom is -0.334 e. The quantitative estimate of drug-likeness (QED) is 0.527. The third-order valence-electron chi connectivity index (χ3n) is 6.03. The fraction of sp³-hybridized carbons (Fsp3) is 0.148. The minimum atomic E-state index is -0.377. The van der Waals surface area contributed by atoms with Crippen LogP contribution in [0.15, 0.2) is 89.7 Å². The first-order valence-electron chi connectivity index (χ1n) is 10.9. The van der Waals surface area contributed by atoms with Crippen molar-refractivity contribution in [2.75, 3.05) is 11.9 Å². The number of hydrogen-bond acceptors (Lipinski definition) is 3. The van der Waals surface area contributed by atoms with Gasteiger partial charge in [0.05, 0.1) is 11.1 Å². The number of hydrogen-bond donors (Lipinski definition) is 1. The predicted octanol–water partition coefficient (Wildman–Crippen LogP) is 3.84. The Hall–Kier alpha value is -4.19. The van der Waals surface area contributed by atoms with E-state index in [0.717, 1.165) is 12.0 Å². The van der Waals surface area contributed by atoms with Gasteiger partial charge in [0, 0.05) is 30.2 Å². The first-order valence-corrected chi connectivity index (χ1v) is 10.9. The summed E-state index contributed by atoms with van der Waals surface area (Å²) in [7, 11) is 0. The number of pyridine rings is 1. The van der Waals surface area contributed by atoms with Crippen LogP contribution in [0.4, 0.5) is 5.69 Å². The van der Waals surface area contributed by atoms with Crippen molar-refractivity contribution >= 4 is 28.4 Å². The smallest absolute Gasteiger partial charge is 0.255 e. The Morgan fingerprint density at radius 2 is 1.55 bits per heavy atom. The van der Waals surface area contributed by atoms with E-state index in [4.69, 9.17) is 0 Å². The van der Waals surface area contributed by atoms with Crippen molar-refractivity contribution in [3.05, 3.63) is 112 Å². The highest BCUT2D eigenvalue weighted by Gasteiger charge is 2.24. The Labute approximate surface area is 191 Å². The molecule has 2 heterocycles. The molecular formula is C27H23N3O3. The summed E-state index contributed by atoms with van der Waals surface area (Å²) < 4.78 is 1.41. The van der Waals surface area contributed by atoms with Gasteiger partial charge in [0.1, 0.15) is 6.54 Å². The SMILES string of the molecule is O=C(Cn1c(=O)cc(C(=O)N2CCc3ccccc3C2)c2ccccc21)Nc1ccccc1. The minimum absolute atomic E-state index is 0.139. The molecule has 33 heavy (non-hydrogen) atoms. The molecule has 1 aliphatic rings. The van der Waals surface area contributed by atoms with E-state index >= 15 is 0 Å². The fourth-order valence-corrected chi connectivity index (χ4v) is 4.38. The van der Waals surface area contributed by atoms with Crippen LogP contribution in [0.3, 0.4) is 0 Å². The molecule has 1 N–H and O–H groups in total. The molecule has 1 aromatic heterocycles. The summed E-state index contributed by atoms with van der Waals surface area (Å²) in [5.41, 5.74) is 3.61. The van der Waals surface area contributed by atoms with Crippen LogP contribution in [0.5, 0.6) is 0 Å². The second-order valence-electron chi connectivity index (χ2n) is 8.16. The normalized spacial score (nSPS) is 12.9. The second kappa shape index (κ2) is 8.74. The zero-order valence-electron chi connectivity index (χ0n) is 18.0. The van der Waals surface area contributed by atoms with E-state index in [1.807, 2.05) is 48.5 Å². The van der Waals surface area contributed by atoms with Gasteiger partial charge in [0.25, 0.3) is 11.5 Å². The number of carbonyl (C=O) groups is 2. The summed E-state index contributed by atoms with van der Waals surface area (Å²) in [5.74, 6) is -0.473. The molecular weight excluding hydrogens is 414 g/mol. The Morgan fingerprint density at radius 3 is 2.36 bits per heavy atom. The molecule has 0 aliphatic carbocycles. The molecule has 1 aliphatic heterocycles. The predicted molar refractivity (Wildman–Crippen MR) is 128 cm³/mol. The Bertz CT molecular complexity index is 1410. The number of fused-ring (bicyclic) bond motifs is 2.